The van der Waals surface area contributed by atoms with Gasteiger partial charge in [-0.25, -0.2) is 14.4 Å². The number of pyridine rings is 1. The van der Waals surface area contributed by atoms with Gasteiger partial charge in [0.05, 0.1) is 17.3 Å². The van der Waals surface area contributed by atoms with E-state index in [2.05, 4.69) is 20.4 Å². The summed E-state index contributed by atoms with van der Waals surface area (Å²) < 4.78 is 13.3. The third kappa shape index (κ3) is 3.88. The number of rotatable bonds is 5. The summed E-state index contributed by atoms with van der Waals surface area (Å²) in [4.78, 5) is 19.7. The van der Waals surface area contributed by atoms with Crippen LogP contribution in [-0.2, 0) is 17.6 Å². The number of carbonyl (C=O) groups excluding carboxylic acids is 1. The van der Waals surface area contributed by atoms with E-state index < -0.39 is 5.82 Å². The van der Waals surface area contributed by atoms with Crippen molar-refractivity contribution in [3.05, 3.63) is 58.0 Å². The molecule has 0 saturated heterocycles. The van der Waals surface area contributed by atoms with Gasteiger partial charge in [-0.1, -0.05) is 22.8 Å². The van der Waals surface area contributed by atoms with Gasteiger partial charge in [0.2, 0.25) is 5.91 Å². The molecule has 1 amide bonds. The maximum atomic E-state index is 13.3. The third-order valence-corrected chi connectivity index (χ3v) is 4.30. The molecule has 2 heterocycles. The molecule has 2 N–H and O–H groups in total. The number of hydrogen-bond acceptors (Lipinski definition) is 5. The first kappa shape index (κ1) is 18.0. The highest BCUT2D eigenvalue weighted by atomic mass is 35.5. The molecule has 6 nitrogen and oxygen atoms in total. The van der Waals surface area contributed by atoms with Crippen LogP contribution in [0.15, 0.2) is 40.6 Å². The summed E-state index contributed by atoms with van der Waals surface area (Å²) in [5, 5.41) is 15.6. The van der Waals surface area contributed by atoms with Gasteiger partial charge in [-0.2, -0.15) is 0 Å². The van der Waals surface area contributed by atoms with Gasteiger partial charge in [-0.3, -0.25) is 4.79 Å². The highest BCUT2D eigenvalue weighted by molar-refractivity contribution is 6.30. The number of aromatic nitrogens is 1. The van der Waals surface area contributed by atoms with Crippen molar-refractivity contribution in [3.63, 3.8) is 0 Å². The fourth-order valence-electron chi connectivity index (χ4n) is 2.77. The largest absolute Gasteiger partial charge is 0.411 e. The second kappa shape index (κ2) is 7.61. The molecule has 1 aromatic heterocycles. The van der Waals surface area contributed by atoms with Gasteiger partial charge >= 0.3 is 0 Å². The monoisotopic (exact) mass is 374 g/mol. The van der Waals surface area contributed by atoms with Crippen molar-refractivity contribution in [1.82, 2.24) is 10.3 Å². The standard InChI is InChI=1S/C18H16ClFN4O2/c1-10(25)22-9-12-8-14-13(4-5-21-18(14)23-12)17(24-26)7-11-2-3-16(20)15(19)6-11/h2-6,26H,7-9H2,1H3,(H,22,25)/b24-17+. The summed E-state index contributed by atoms with van der Waals surface area (Å²) >= 11 is 5.82. The number of carbonyl (C=O) groups is 1. The second-order valence-electron chi connectivity index (χ2n) is 5.90. The lowest BCUT2D eigenvalue weighted by molar-refractivity contribution is -0.118. The minimum Gasteiger partial charge on any atom is -0.411 e. The van der Waals surface area contributed by atoms with Crippen molar-refractivity contribution >= 4 is 34.7 Å². The first-order valence-electron chi connectivity index (χ1n) is 7.92. The Morgan fingerprint density at radius 2 is 2.23 bits per heavy atom. The number of aliphatic imine (C=N–C) groups is 1. The zero-order valence-corrected chi connectivity index (χ0v) is 14.7. The van der Waals surface area contributed by atoms with Gasteiger partial charge in [0.25, 0.3) is 0 Å². The molecule has 8 heteroatoms. The van der Waals surface area contributed by atoms with Crippen LogP contribution in [0.2, 0.25) is 5.02 Å². The Labute approximate surface area is 154 Å². The zero-order chi connectivity index (χ0) is 18.7. The smallest absolute Gasteiger partial charge is 0.217 e. The van der Waals surface area contributed by atoms with Gasteiger partial charge in [0, 0.05) is 42.8 Å². The Balaban J connectivity index is 1.83. The molecular formula is C18H16ClFN4O2. The lowest BCUT2D eigenvalue weighted by Gasteiger charge is -2.10. The van der Waals surface area contributed by atoms with Crippen LogP contribution in [0.4, 0.5) is 10.2 Å². The SMILES string of the molecule is CC(=O)NCC1=Nc2nccc(/C(Cc3ccc(F)c(Cl)c3)=N/O)c2C1. The molecule has 0 fully saturated rings. The highest BCUT2D eigenvalue weighted by Crippen LogP contribution is 2.28. The minimum absolute atomic E-state index is 0.0145. The predicted octanol–water partition coefficient (Wildman–Crippen LogP) is 3.06. The lowest BCUT2D eigenvalue weighted by Crippen LogP contribution is -2.27. The molecule has 0 spiro atoms. The van der Waals surface area contributed by atoms with Crippen LogP contribution in [0.3, 0.4) is 0 Å². The van der Waals surface area contributed by atoms with Crippen molar-refractivity contribution in [2.24, 2.45) is 10.1 Å². The number of halogens is 2. The van der Waals surface area contributed by atoms with E-state index in [0.29, 0.717) is 35.6 Å². The van der Waals surface area contributed by atoms with Crippen molar-refractivity contribution in [2.45, 2.75) is 19.8 Å². The molecule has 1 aromatic carbocycles. The van der Waals surface area contributed by atoms with Gasteiger partial charge in [-0.05, 0) is 23.8 Å². The summed E-state index contributed by atoms with van der Waals surface area (Å²) in [5.74, 6) is -0.0949. The number of nitrogens with zero attached hydrogens (tertiary/aromatic N) is 3. The average Bonchev–Trinajstić information content (AvgIpc) is 3.04. The predicted molar refractivity (Wildman–Crippen MR) is 97.2 cm³/mol. The van der Waals surface area contributed by atoms with E-state index >= 15 is 0 Å². The molecule has 0 saturated carbocycles. The summed E-state index contributed by atoms with van der Waals surface area (Å²) in [6, 6.07) is 6.11. The second-order valence-corrected chi connectivity index (χ2v) is 6.30. The molecular weight excluding hydrogens is 359 g/mol. The first-order valence-corrected chi connectivity index (χ1v) is 8.29. The van der Waals surface area contributed by atoms with E-state index in [-0.39, 0.29) is 17.4 Å². The number of hydrogen-bond donors (Lipinski definition) is 2. The molecule has 0 bridgehead atoms. The summed E-state index contributed by atoms with van der Waals surface area (Å²) in [6.45, 7) is 1.78. The van der Waals surface area contributed by atoms with E-state index in [4.69, 9.17) is 11.6 Å². The van der Waals surface area contributed by atoms with Crippen molar-refractivity contribution in [1.29, 1.82) is 0 Å². The van der Waals surface area contributed by atoms with Crippen LogP contribution in [0, 0.1) is 5.82 Å². The quantitative estimate of drug-likeness (QED) is 0.479. The molecule has 1 aliphatic heterocycles. The van der Waals surface area contributed by atoms with Gasteiger partial charge in [0.15, 0.2) is 5.82 Å². The van der Waals surface area contributed by atoms with Crippen LogP contribution < -0.4 is 5.32 Å². The van der Waals surface area contributed by atoms with Gasteiger partial charge in [0.1, 0.15) is 5.82 Å². The summed E-state index contributed by atoms with van der Waals surface area (Å²) in [6.07, 6.45) is 2.36. The topological polar surface area (TPSA) is 86.9 Å². The number of nitrogens with one attached hydrogen (secondary N) is 1. The molecule has 3 rings (SSSR count). The van der Waals surface area contributed by atoms with Crippen LogP contribution in [0.25, 0.3) is 0 Å². The Hall–Kier alpha value is -2.80. The molecule has 134 valence electrons. The zero-order valence-electron chi connectivity index (χ0n) is 14.0. The van der Waals surface area contributed by atoms with Crippen LogP contribution in [0.1, 0.15) is 23.6 Å². The molecule has 0 radical (unpaired) electrons. The highest BCUT2D eigenvalue weighted by Gasteiger charge is 2.22. The van der Waals surface area contributed by atoms with Gasteiger partial charge in [-0.15, -0.1) is 0 Å². The Bertz CT molecular complexity index is 927. The Morgan fingerprint density at radius 1 is 1.42 bits per heavy atom. The van der Waals surface area contributed by atoms with Gasteiger partial charge < -0.3 is 10.5 Å². The average molecular weight is 375 g/mol. The molecule has 0 unspecified atom stereocenters. The van der Waals surface area contributed by atoms with E-state index in [1.165, 1.54) is 19.1 Å². The minimum atomic E-state index is -0.501. The maximum Gasteiger partial charge on any atom is 0.217 e. The maximum absolute atomic E-state index is 13.3. The molecule has 0 atom stereocenters. The van der Waals surface area contributed by atoms with Crippen molar-refractivity contribution in [2.75, 3.05) is 6.54 Å². The lowest BCUT2D eigenvalue weighted by atomic mass is 9.97. The molecule has 1 aliphatic rings. The fourth-order valence-corrected chi connectivity index (χ4v) is 2.97. The number of benzene rings is 1. The van der Waals surface area contributed by atoms with E-state index in [0.717, 1.165) is 11.3 Å². The van der Waals surface area contributed by atoms with Crippen molar-refractivity contribution in [3.8, 4) is 0 Å². The molecule has 0 aliphatic carbocycles. The Kier molecular flexibility index (Phi) is 5.27. The Morgan fingerprint density at radius 3 is 2.92 bits per heavy atom. The fraction of sp³-hybridized carbons (Fsp3) is 0.222. The van der Waals surface area contributed by atoms with Crippen LogP contribution in [-0.4, -0.2) is 34.1 Å². The molecule has 2 aromatic rings. The number of fused-ring (bicyclic) bond motifs is 1. The summed E-state index contributed by atoms with van der Waals surface area (Å²) in [7, 11) is 0. The van der Waals surface area contributed by atoms with E-state index in [1.807, 2.05) is 0 Å². The number of oxime groups is 1. The first-order chi connectivity index (χ1) is 12.5. The van der Waals surface area contributed by atoms with Crippen LogP contribution >= 0.6 is 11.6 Å². The van der Waals surface area contributed by atoms with E-state index in [1.54, 1.807) is 18.3 Å². The summed E-state index contributed by atoms with van der Waals surface area (Å²) in [5.41, 5.74) is 3.43. The third-order valence-electron chi connectivity index (χ3n) is 4.01. The van der Waals surface area contributed by atoms with Crippen molar-refractivity contribution < 1.29 is 14.4 Å². The van der Waals surface area contributed by atoms with Crippen LogP contribution in [0.5, 0.6) is 0 Å². The molecule has 26 heavy (non-hydrogen) atoms. The normalized spacial score (nSPS) is 13.3. The van der Waals surface area contributed by atoms with E-state index in [9.17, 15) is 14.4 Å². The number of amides is 1.